The summed E-state index contributed by atoms with van der Waals surface area (Å²) in [5.74, 6) is -1.09. The molecular weight excluding hydrogens is 298 g/mol. The minimum atomic E-state index is -0.567. The van der Waals surface area contributed by atoms with Gasteiger partial charge in [-0.15, -0.1) is 0 Å². The second-order valence-electron chi connectivity index (χ2n) is 4.14. The summed E-state index contributed by atoms with van der Waals surface area (Å²) in [4.78, 5) is 28.1. The summed E-state index contributed by atoms with van der Waals surface area (Å²) in [6, 6.07) is 8.51. The maximum atomic E-state index is 11.6. The fraction of sp³-hybridized carbons (Fsp3) is 0.385. The lowest BCUT2D eigenvalue weighted by Crippen LogP contribution is -2.32. The van der Waals surface area contributed by atoms with E-state index in [1.54, 1.807) is 37.3 Å². The third-order valence-electron chi connectivity index (χ3n) is 2.38. The van der Waals surface area contributed by atoms with E-state index in [0.717, 1.165) is 0 Å². The molecule has 0 saturated carbocycles. The summed E-state index contributed by atoms with van der Waals surface area (Å²) in [6.45, 7) is 3.74. The molecule has 1 rings (SSSR count). The van der Waals surface area contributed by atoms with Gasteiger partial charge in [0.15, 0.2) is 0 Å². The Balaban J connectivity index is 2.41. The fourth-order valence-electron chi connectivity index (χ4n) is 1.42. The number of halogens is 1. The molecule has 1 N–H and O–H groups in total. The van der Waals surface area contributed by atoms with Gasteiger partial charge in [0.05, 0.1) is 5.56 Å². The van der Waals surface area contributed by atoms with E-state index in [4.69, 9.17) is 4.84 Å². The quantitative estimate of drug-likeness (QED) is 0.687. The van der Waals surface area contributed by atoms with E-state index < -0.39 is 5.97 Å². The Labute approximate surface area is 115 Å². The minimum absolute atomic E-state index is 0.219. The standard InChI is InChI=1S/C13H16BrNO3/c1-9(8-10(2)14)12(16)15-18-13(17)11-6-4-3-5-7-11/h3-7,9-10H,8H2,1-2H3,(H,15,16). The van der Waals surface area contributed by atoms with Gasteiger partial charge in [0.1, 0.15) is 0 Å². The molecule has 4 nitrogen and oxygen atoms in total. The first-order valence-corrected chi connectivity index (χ1v) is 6.62. The minimum Gasteiger partial charge on any atom is -0.335 e. The molecule has 0 aliphatic heterocycles. The molecule has 0 saturated heterocycles. The van der Waals surface area contributed by atoms with Gasteiger partial charge in [-0.2, -0.15) is 5.48 Å². The molecule has 1 aromatic rings. The largest absolute Gasteiger partial charge is 0.362 e. The SMILES string of the molecule is CC(Br)CC(C)C(=O)NOC(=O)c1ccccc1. The number of rotatable bonds is 4. The molecule has 0 aromatic heterocycles. The number of amides is 1. The highest BCUT2D eigenvalue weighted by molar-refractivity contribution is 9.09. The molecule has 1 aromatic carbocycles. The van der Waals surface area contributed by atoms with Crippen LogP contribution >= 0.6 is 15.9 Å². The summed E-state index contributed by atoms with van der Waals surface area (Å²) in [5.41, 5.74) is 2.58. The van der Waals surface area contributed by atoms with Gasteiger partial charge in [-0.1, -0.05) is 48.0 Å². The molecule has 1 amide bonds. The molecule has 5 heteroatoms. The number of benzene rings is 1. The van der Waals surface area contributed by atoms with Crippen molar-refractivity contribution in [2.24, 2.45) is 5.92 Å². The number of carbonyl (C=O) groups is 2. The normalized spacial score (nSPS) is 13.5. The van der Waals surface area contributed by atoms with Gasteiger partial charge >= 0.3 is 5.97 Å². The second kappa shape index (κ2) is 7.16. The Hall–Kier alpha value is -1.36. The van der Waals surface area contributed by atoms with Crippen molar-refractivity contribution in [2.45, 2.75) is 25.1 Å². The molecule has 0 heterocycles. The Kier molecular flexibility index (Phi) is 5.85. The molecule has 0 spiro atoms. The smallest absolute Gasteiger partial charge is 0.335 e. The summed E-state index contributed by atoms with van der Waals surface area (Å²) >= 11 is 3.37. The number of alkyl halides is 1. The average Bonchev–Trinajstić information content (AvgIpc) is 2.35. The topological polar surface area (TPSA) is 55.4 Å². The van der Waals surface area contributed by atoms with Gasteiger partial charge in [-0.3, -0.25) is 4.79 Å². The Morgan fingerprint density at radius 1 is 1.28 bits per heavy atom. The van der Waals surface area contributed by atoms with E-state index in [9.17, 15) is 9.59 Å². The second-order valence-corrected chi connectivity index (χ2v) is 5.70. The molecular formula is C13H16BrNO3. The van der Waals surface area contributed by atoms with Crippen molar-refractivity contribution in [2.75, 3.05) is 0 Å². The molecule has 98 valence electrons. The van der Waals surface area contributed by atoms with Crippen LogP contribution in [0.25, 0.3) is 0 Å². The van der Waals surface area contributed by atoms with Crippen molar-refractivity contribution in [1.82, 2.24) is 5.48 Å². The van der Waals surface area contributed by atoms with Crippen LogP contribution in [0.3, 0.4) is 0 Å². The molecule has 0 fully saturated rings. The number of hydrogen-bond donors (Lipinski definition) is 1. The van der Waals surface area contributed by atoms with Gasteiger partial charge in [-0.25, -0.2) is 4.79 Å². The first kappa shape index (κ1) is 14.7. The lowest BCUT2D eigenvalue weighted by molar-refractivity contribution is -0.133. The van der Waals surface area contributed by atoms with Crippen LogP contribution in [-0.4, -0.2) is 16.7 Å². The van der Waals surface area contributed by atoms with Crippen LogP contribution in [0, 0.1) is 5.92 Å². The highest BCUT2D eigenvalue weighted by Crippen LogP contribution is 2.12. The maximum Gasteiger partial charge on any atom is 0.362 e. The molecule has 0 aliphatic carbocycles. The van der Waals surface area contributed by atoms with E-state index in [1.165, 1.54) is 0 Å². The summed E-state index contributed by atoms with van der Waals surface area (Å²) in [6.07, 6.45) is 0.675. The summed E-state index contributed by atoms with van der Waals surface area (Å²) < 4.78 is 0. The fourth-order valence-corrected chi connectivity index (χ4v) is 1.99. The molecule has 0 bridgehead atoms. The maximum absolute atomic E-state index is 11.6. The predicted octanol–water partition coefficient (Wildman–Crippen LogP) is 2.68. The van der Waals surface area contributed by atoms with Crippen LogP contribution in [0.2, 0.25) is 0 Å². The third kappa shape index (κ3) is 4.87. The van der Waals surface area contributed by atoms with Gasteiger partial charge < -0.3 is 4.84 Å². The van der Waals surface area contributed by atoms with Crippen molar-refractivity contribution >= 4 is 27.8 Å². The molecule has 0 aliphatic rings. The molecule has 2 unspecified atom stereocenters. The van der Waals surface area contributed by atoms with Crippen LogP contribution in [-0.2, 0) is 9.63 Å². The van der Waals surface area contributed by atoms with Crippen LogP contribution in [0.1, 0.15) is 30.6 Å². The van der Waals surface area contributed by atoms with E-state index in [0.29, 0.717) is 12.0 Å². The van der Waals surface area contributed by atoms with Crippen LogP contribution in [0.5, 0.6) is 0 Å². The van der Waals surface area contributed by atoms with Crippen LogP contribution < -0.4 is 5.48 Å². The van der Waals surface area contributed by atoms with Crippen molar-refractivity contribution in [1.29, 1.82) is 0 Å². The van der Waals surface area contributed by atoms with Gasteiger partial charge in [0.25, 0.3) is 5.91 Å². The Bertz CT molecular complexity index is 406. The van der Waals surface area contributed by atoms with Gasteiger partial charge in [0.2, 0.25) is 0 Å². The molecule has 2 atom stereocenters. The van der Waals surface area contributed by atoms with Gasteiger partial charge in [0, 0.05) is 10.7 Å². The third-order valence-corrected chi connectivity index (χ3v) is 2.75. The molecule has 0 radical (unpaired) electrons. The number of nitrogens with one attached hydrogen (secondary N) is 1. The number of hydrogen-bond acceptors (Lipinski definition) is 3. The number of carbonyl (C=O) groups excluding carboxylic acids is 2. The van der Waals surface area contributed by atoms with E-state index in [-0.39, 0.29) is 16.7 Å². The van der Waals surface area contributed by atoms with Crippen molar-refractivity contribution in [3.05, 3.63) is 35.9 Å². The van der Waals surface area contributed by atoms with Crippen molar-refractivity contribution in [3.63, 3.8) is 0 Å². The zero-order valence-corrected chi connectivity index (χ0v) is 11.9. The lowest BCUT2D eigenvalue weighted by atomic mass is 10.1. The van der Waals surface area contributed by atoms with E-state index in [2.05, 4.69) is 21.4 Å². The number of hydroxylamine groups is 1. The van der Waals surface area contributed by atoms with Crippen molar-refractivity contribution < 1.29 is 14.4 Å². The Morgan fingerprint density at radius 3 is 2.44 bits per heavy atom. The highest BCUT2D eigenvalue weighted by atomic mass is 79.9. The van der Waals surface area contributed by atoms with E-state index in [1.807, 2.05) is 6.92 Å². The van der Waals surface area contributed by atoms with Crippen molar-refractivity contribution in [3.8, 4) is 0 Å². The first-order chi connectivity index (χ1) is 8.50. The molecule has 18 heavy (non-hydrogen) atoms. The zero-order valence-electron chi connectivity index (χ0n) is 10.4. The van der Waals surface area contributed by atoms with E-state index >= 15 is 0 Å². The van der Waals surface area contributed by atoms with Crippen LogP contribution in [0.15, 0.2) is 30.3 Å². The zero-order chi connectivity index (χ0) is 13.5. The van der Waals surface area contributed by atoms with Gasteiger partial charge in [-0.05, 0) is 18.6 Å². The monoisotopic (exact) mass is 313 g/mol. The first-order valence-electron chi connectivity index (χ1n) is 5.71. The summed E-state index contributed by atoms with van der Waals surface area (Å²) in [5, 5.41) is 0. The lowest BCUT2D eigenvalue weighted by Gasteiger charge is -2.12. The summed E-state index contributed by atoms with van der Waals surface area (Å²) in [7, 11) is 0. The predicted molar refractivity (Wildman–Crippen MR) is 72.2 cm³/mol. The Morgan fingerprint density at radius 2 is 1.89 bits per heavy atom. The highest BCUT2D eigenvalue weighted by Gasteiger charge is 2.17. The van der Waals surface area contributed by atoms with Crippen LogP contribution in [0.4, 0.5) is 0 Å². The average molecular weight is 314 g/mol.